The summed E-state index contributed by atoms with van der Waals surface area (Å²) in [7, 11) is -3.07. The summed E-state index contributed by atoms with van der Waals surface area (Å²) >= 11 is 0. The van der Waals surface area contributed by atoms with Gasteiger partial charge in [-0.2, -0.15) is 8.42 Å². The van der Waals surface area contributed by atoms with E-state index in [4.69, 9.17) is 10.5 Å². The molecule has 2 aromatic heterocycles. The number of hydrogen-bond donors (Lipinski definition) is 3. The van der Waals surface area contributed by atoms with E-state index in [-0.39, 0.29) is 27.7 Å². The minimum absolute atomic E-state index is 0.0629. The van der Waals surface area contributed by atoms with Gasteiger partial charge in [-0.1, -0.05) is 0 Å². The molecule has 0 aliphatic rings. The van der Waals surface area contributed by atoms with Crippen LogP contribution in [0.4, 0.5) is 5.69 Å². The number of benzene rings is 1. The lowest BCUT2D eigenvalue weighted by Gasteiger charge is -2.11. The number of pyridine rings is 1. The van der Waals surface area contributed by atoms with Gasteiger partial charge in [0.05, 0.1) is 23.2 Å². The second-order valence-electron chi connectivity index (χ2n) is 5.23. The molecule has 4 N–H and O–H groups in total. The predicted octanol–water partition coefficient (Wildman–Crippen LogP) is 1.65. The second-order valence-corrected chi connectivity index (χ2v) is 6.65. The van der Waals surface area contributed by atoms with Gasteiger partial charge in [-0.3, -0.25) is 8.95 Å². The third kappa shape index (κ3) is 2.08. The molecule has 0 unspecified atom stereocenters. The molecule has 0 spiro atoms. The van der Waals surface area contributed by atoms with Gasteiger partial charge in [-0.15, -0.1) is 0 Å². The summed E-state index contributed by atoms with van der Waals surface area (Å²) in [5.41, 5.74) is 8.56. The van der Waals surface area contributed by atoms with Crippen LogP contribution in [0, 0.1) is 13.8 Å². The number of nitrogens with two attached hydrogens (primary N) is 1. The smallest absolute Gasteiger partial charge is 0.294 e. The highest BCUT2D eigenvalue weighted by Crippen LogP contribution is 2.37. The normalized spacial score (nSPS) is 12.2. The third-order valence-corrected chi connectivity index (χ3v) is 4.79. The van der Waals surface area contributed by atoms with Crippen LogP contribution in [0.15, 0.2) is 17.0 Å². The zero-order valence-corrected chi connectivity index (χ0v) is 13.5. The number of fused-ring (bicyclic) bond motifs is 3. The number of aromatic hydroxyl groups is 1. The van der Waals surface area contributed by atoms with Crippen molar-refractivity contribution in [1.29, 1.82) is 0 Å². The van der Waals surface area contributed by atoms with Crippen LogP contribution in [0.25, 0.3) is 16.7 Å². The first kappa shape index (κ1) is 15.4. The van der Waals surface area contributed by atoms with E-state index in [1.54, 1.807) is 13.8 Å². The SMILES string of the molecule is COc1cc(S(=O)(=O)O)cc2nc3c(N)c(C)c(C)c(O)n3c12. The van der Waals surface area contributed by atoms with Gasteiger partial charge in [-0.25, -0.2) is 4.98 Å². The van der Waals surface area contributed by atoms with E-state index in [1.807, 2.05) is 0 Å². The van der Waals surface area contributed by atoms with Gasteiger partial charge < -0.3 is 15.6 Å². The van der Waals surface area contributed by atoms with E-state index in [9.17, 15) is 18.1 Å². The number of imidazole rings is 1. The van der Waals surface area contributed by atoms with E-state index >= 15 is 0 Å². The van der Waals surface area contributed by atoms with Gasteiger partial charge in [0.2, 0.25) is 5.88 Å². The number of hydrogen-bond acceptors (Lipinski definition) is 6. The average Bonchev–Trinajstić information content (AvgIpc) is 2.88. The van der Waals surface area contributed by atoms with Gasteiger partial charge in [0, 0.05) is 11.6 Å². The van der Waals surface area contributed by atoms with E-state index in [2.05, 4.69) is 4.98 Å². The van der Waals surface area contributed by atoms with E-state index in [0.29, 0.717) is 22.3 Å². The zero-order chi connectivity index (χ0) is 17.1. The number of rotatable bonds is 2. The number of anilines is 1. The molecular formula is C14H15N3O5S. The number of nitrogens with zero attached hydrogens (tertiary/aromatic N) is 2. The maximum absolute atomic E-state index is 11.4. The highest BCUT2D eigenvalue weighted by molar-refractivity contribution is 7.85. The van der Waals surface area contributed by atoms with Gasteiger partial charge in [-0.05, 0) is 25.5 Å². The molecule has 9 heteroatoms. The maximum Gasteiger partial charge on any atom is 0.294 e. The molecule has 0 amide bonds. The van der Waals surface area contributed by atoms with Crippen molar-refractivity contribution in [3.05, 3.63) is 23.3 Å². The molecule has 3 rings (SSSR count). The summed E-state index contributed by atoms with van der Waals surface area (Å²) in [5, 5.41) is 10.4. The first-order chi connectivity index (χ1) is 10.7. The number of ether oxygens (including phenoxy) is 1. The Hall–Kier alpha value is -2.52. The summed E-state index contributed by atoms with van der Waals surface area (Å²) in [4.78, 5) is 3.93. The summed E-state index contributed by atoms with van der Waals surface area (Å²) in [6.07, 6.45) is 0. The molecule has 122 valence electrons. The highest BCUT2D eigenvalue weighted by Gasteiger charge is 2.22. The van der Waals surface area contributed by atoms with Crippen LogP contribution < -0.4 is 10.5 Å². The van der Waals surface area contributed by atoms with Crippen LogP contribution in [0.2, 0.25) is 0 Å². The molecule has 0 saturated carbocycles. The van der Waals surface area contributed by atoms with Crippen molar-refractivity contribution in [1.82, 2.24) is 9.38 Å². The minimum atomic E-state index is -4.42. The van der Waals surface area contributed by atoms with Crippen LogP contribution in [0.3, 0.4) is 0 Å². The van der Waals surface area contributed by atoms with Gasteiger partial charge >= 0.3 is 0 Å². The molecule has 1 aromatic carbocycles. The topological polar surface area (TPSA) is 127 Å². The van der Waals surface area contributed by atoms with Gasteiger partial charge in [0.15, 0.2) is 5.65 Å². The summed E-state index contributed by atoms with van der Waals surface area (Å²) in [6.45, 7) is 3.47. The average molecular weight is 337 g/mol. The fourth-order valence-electron chi connectivity index (χ4n) is 2.55. The Morgan fingerprint density at radius 1 is 1.26 bits per heavy atom. The maximum atomic E-state index is 11.4. The molecule has 23 heavy (non-hydrogen) atoms. The largest absolute Gasteiger partial charge is 0.494 e. The number of methoxy groups -OCH3 is 1. The monoisotopic (exact) mass is 337 g/mol. The molecule has 3 aromatic rings. The Kier molecular flexibility index (Phi) is 3.17. The molecule has 0 bridgehead atoms. The first-order valence-electron chi connectivity index (χ1n) is 6.62. The van der Waals surface area contributed by atoms with Crippen molar-refractivity contribution in [2.24, 2.45) is 0 Å². The second kappa shape index (κ2) is 4.74. The summed E-state index contributed by atoms with van der Waals surface area (Å²) < 4.78 is 38.6. The van der Waals surface area contributed by atoms with Crippen LogP contribution in [-0.4, -0.2) is 34.6 Å². The van der Waals surface area contributed by atoms with Gasteiger partial charge in [0.1, 0.15) is 11.3 Å². The lowest BCUT2D eigenvalue weighted by molar-refractivity contribution is 0.413. The van der Waals surface area contributed by atoms with Crippen molar-refractivity contribution < 1.29 is 22.8 Å². The Morgan fingerprint density at radius 3 is 2.48 bits per heavy atom. The van der Waals surface area contributed by atoms with E-state index in [1.165, 1.54) is 17.6 Å². The number of aromatic nitrogens is 2. The van der Waals surface area contributed by atoms with E-state index in [0.717, 1.165) is 6.07 Å². The standard InChI is InChI=1S/C14H15N3O5S/c1-6-7(2)14(18)17-12-9(16-13(17)11(6)15)4-8(23(19,20)21)5-10(12)22-3/h4-5,18H,15H2,1-3H3,(H,19,20,21). The molecule has 0 saturated heterocycles. The van der Waals surface area contributed by atoms with Crippen LogP contribution >= 0.6 is 0 Å². The molecule has 2 heterocycles. The first-order valence-corrected chi connectivity index (χ1v) is 8.06. The lowest BCUT2D eigenvalue weighted by atomic mass is 10.1. The van der Waals surface area contributed by atoms with Crippen molar-refractivity contribution >= 4 is 32.5 Å². The van der Waals surface area contributed by atoms with Gasteiger partial charge in [0.25, 0.3) is 10.1 Å². The highest BCUT2D eigenvalue weighted by atomic mass is 32.2. The van der Waals surface area contributed by atoms with Crippen molar-refractivity contribution in [3.8, 4) is 11.6 Å². The molecule has 0 atom stereocenters. The molecular weight excluding hydrogens is 322 g/mol. The number of nitrogen functional groups attached to an aromatic ring is 1. The molecule has 0 fully saturated rings. The Labute approximate surface area is 131 Å². The molecule has 8 nitrogen and oxygen atoms in total. The predicted molar refractivity (Wildman–Crippen MR) is 84.6 cm³/mol. The van der Waals surface area contributed by atoms with Crippen molar-refractivity contribution in [2.45, 2.75) is 18.7 Å². The molecule has 0 aliphatic heterocycles. The molecule has 0 radical (unpaired) electrons. The molecule has 0 aliphatic carbocycles. The summed E-state index contributed by atoms with van der Waals surface area (Å²) in [5.74, 6) is 0.0766. The third-order valence-electron chi connectivity index (χ3n) is 3.96. The Morgan fingerprint density at radius 2 is 1.91 bits per heavy atom. The minimum Gasteiger partial charge on any atom is -0.494 e. The lowest BCUT2D eigenvalue weighted by Crippen LogP contribution is -2.01. The van der Waals surface area contributed by atoms with Crippen LogP contribution in [0.1, 0.15) is 11.1 Å². The summed E-state index contributed by atoms with van der Waals surface area (Å²) in [6, 6.07) is 2.36. The van der Waals surface area contributed by atoms with Crippen LogP contribution in [-0.2, 0) is 10.1 Å². The Bertz CT molecular complexity index is 1070. The zero-order valence-electron chi connectivity index (χ0n) is 12.7. The Balaban J connectivity index is 2.61. The quantitative estimate of drug-likeness (QED) is 0.607. The fourth-order valence-corrected chi connectivity index (χ4v) is 3.06. The van der Waals surface area contributed by atoms with E-state index < -0.39 is 10.1 Å². The van der Waals surface area contributed by atoms with Crippen molar-refractivity contribution in [2.75, 3.05) is 12.8 Å². The van der Waals surface area contributed by atoms with Crippen LogP contribution in [0.5, 0.6) is 11.6 Å². The van der Waals surface area contributed by atoms with Crippen molar-refractivity contribution in [3.63, 3.8) is 0 Å². The fraction of sp³-hybridized carbons (Fsp3) is 0.214.